The number of aromatic nitrogens is 1. The average molecular weight is 264 g/mol. The third-order valence-corrected chi connectivity index (χ3v) is 4.10. The Morgan fingerprint density at radius 3 is 2.45 bits per heavy atom. The molecule has 0 bridgehead atoms. The summed E-state index contributed by atoms with van der Waals surface area (Å²) in [6.45, 7) is 6.37. The zero-order chi connectivity index (χ0) is 14.3. The molecule has 100 valence electrons. The molecule has 0 fully saturated rings. The van der Waals surface area contributed by atoms with E-state index in [1.165, 1.54) is 0 Å². The van der Waals surface area contributed by atoms with Crippen molar-refractivity contribution in [1.29, 1.82) is 0 Å². The van der Waals surface area contributed by atoms with Crippen LogP contribution in [0.1, 0.15) is 36.7 Å². The van der Waals surface area contributed by atoms with Gasteiger partial charge in [-0.25, -0.2) is 9.98 Å². The predicted molar refractivity (Wildman–Crippen MR) is 80.9 cm³/mol. The van der Waals surface area contributed by atoms with E-state index < -0.39 is 0 Å². The molecule has 0 aliphatic carbocycles. The molecule has 3 heteroatoms. The zero-order valence-electron chi connectivity index (χ0n) is 11.8. The smallest absolute Gasteiger partial charge is 0.155 e. The van der Waals surface area contributed by atoms with Gasteiger partial charge < -0.3 is 0 Å². The molecule has 1 aliphatic heterocycles. The molecule has 20 heavy (non-hydrogen) atoms. The normalized spacial score (nSPS) is 15.7. The standard InChI is InChI=1S/C17H16N2O/c1-11-17(2,3)15-8-14(9-18-16(15)19-11)13-6-4-12(10-20)5-7-13/h4-10H,1-3H3. The number of nitrogens with zero attached hydrogens (tertiary/aromatic N) is 2. The first-order valence-corrected chi connectivity index (χ1v) is 6.64. The molecule has 3 rings (SSSR count). The summed E-state index contributed by atoms with van der Waals surface area (Å²) in [7, 11) is 0. The van der Waals surface area contributed by atoms with Crippen LogP contribution in [0.2, 0.25) is 0 Å². The van der Waals surface area contributed by atoms with Gasteiger partial charge in [-0.1, -0.05) is 38.1 Å². The molecule has 2 aromatic rings. The van der Waals surface area contributed by atoms with Crippen LogP contribution in [0.15, 0.2) is 41.5 Å². The number of carbonyl (C=O) groups is 1. The molecular formula is C17H16N2O. The van der Waals surface area contributed by atoms with Crippen molar-refractivity contribution in [2.24, 2.45) is 4.99 Å². The lowest BCUT2D eigenvalue weighted by molar-refractivity contribution is 0.112. The first kappa shape index (κ1) is 12.7. The van der Waals surface area contributed by atoms with E-state index in [1.54, 1.807) is 0 Å². The molecule has 2 heterocycles. The third kappa shape index (κ3) is 1.86. The zero-order valence-corrected chi connectivity index (χ0v) is 11.8. The average Bonchev–Trinajstić information content (AvgIpc) is 2.69. The summed E-state index contributed by atoms with van der Waals surface area (Å²) in [4.78, 5) is 19.7. The summed E-state index contributed by atoms with van der Waals surface area (Å²) in [5.41, 5.74) is 4.98. The van der Waals surface area contributed by atoms with Gasteiger partial charge in [-0.3, -0.25) is 4.79 Å². The van der Waals surface area contributed by atoms with Crippen LogP contribution in [-0.2, 0) is 5.41 Å². The Hall–Kier alpha value is -2.29. The Kier molecular flexibility index (Phi) is 2.78. The molecule has 0 radical (unpaired) electrons. The molecule has 0 spiro atoms. The first-order chi connectivity index (χ1) is 9.52. The molecule has 1 aromatic carbocycles. The Labute approximate surface area is 118 Å². The topological polar surface area (TPSA) is 42.3 Å². The van der Waals surface area contributed by atoms with E-state index >= 15 is 0 Å². The van der Waals surface area contributed by atoms with Gasteiger partial charge in [0, 0.05) is 34.0 Å². The number of carbonyl (C=O) groups excluding carboxylic acids is 1. The highest BCUT2D eigenvalue weighted by atomic mass is 16.1. The van der Waals surface area contributed by atoms with Gasteiger partial charge >= 0.3 is 0 Å². The number of aldehydes is 1. The van der Waals surface area contributed by atoms with Crippen molar-refractivity contribution in [1.82, 2.24) is 4.98 Å². The minimum absolute atomic E-state index is 0.0684. The summed E-state index contributed by atoms with van der Waals surface area (Å²) < 4.78 is 0. The molecule has 0 N–H and O–H groups in total. The SMILES string of the molecule is CC1=Nc2ncc(-c3ccc(C=O)cc3)cc2C1(C)C. The highest BCUT2D eigenvalue weighted by Crippen LogP contribution is 2.40. The highest BCUT2D eigenvalue weighted by molar-refractivity contribution is 5.99. The van der Waals surface area contributed by atoms with Crippen molar-refractivity contribution in [2.45, 2.75) is 26.2 Å². The van der Waals surface area contributed by atoms with E-state index in [1.807, 2.05) is 37.4 Å². The minimum atomic E-state index is -0.0684. The van der Waals surface area contributed by atoms with Gasteiger partial charge in [0.25, 0.3) is 0 Å². The van der Waals surface area contributed by atoms with Crippen LogP contribution in [0.25, 0.3) is 11.1 Å². The molecule has 3 nitrogen and oxygen atoms in total. The van der Waals surface area contributed by atoms with Crippen LogP contribution < -0.4 is 0 Å². The predicted octanol–water partition coefficient (Wildman–Crippen LogP) is 3.94. The van der Waals surface area contributed by atoms with Crippen molar-refractivity contribution in [3.05, 3.63) is 47.7 Å². The second-order valence-corrected chi connectivity index (χ2v) is 5.66. The molecule has 0 saturated carbocycles. The summed E-state index contributed by atoms with van der Waals surface area (Å²) in [5.74, 6) is 0.820. The van der Waals surface area contributed by atoms with E-state index in [9.17, 15) is 4.79 Å². The van der Waals surface area contributed by atoms with Gasteiger partial charge in [0.2, 0.25) is 0 Å². The Balaban J connectivity index is 2.06. The number of pyridine rings is 1. The fourth-order valence-electron chi connectivity index (χ4n) is 2.41. The molecule has 1 aliphatic rings. The first-order valence-electron chi connectivity index (χ1n) is 6.64. The molecule has 0 unspecified atom stereocenters. The number of rotatable bonds is 2. The second kappa shape index (κ2) is 4.37. The summed E-state index contributed by atoms with van der Waals surface area (Å²) in [6, 6.07) is 9.69. The van der Waals surface area contributed by atoms with Crippen LogP contribution in [-0.4, -0.2) is 17.0 Å². The van der Waals surface area contributed by atoms with Gasteiger partial charge in [0.15, 0.2) is 5.82 Å². The maximum atomic E-state index is 10.7. The van der Waals surface area contributed by atoms with E-state index in [4.69, 9.17) is 0 Å². The third-order valence-electron chi connectivity index (χ3n) is 4.10. The largest absolute Gasteiger partial charge is 0.298 e. The molecule has 0 atom stereocenters. The lowest BCUT2D eigenvalue weighted by Crippen LogP contribution is -2.22. The summed E-state index contributed by atoms with van der Waals surface area (Å²) >= 11 is 0. The van der Waals surface area contributed by atoms with Gasteiger partial charge in [0.1, 0.15) is 6.29 Å². The summed E-state index contributed by atoms with van der Waals surface area (Å²) in [6.07, 6.45) is 2.69. The molecule has 0 amide bonds. The van der Waals surface area contributed by atoms with Crippen molar-refractivity contribution in [2.75, 3.05) is 0 Å². The van der Waals surface area contributed by atoms with Crippen LogP contribution in [0.5, 0.6) is 0 Å². The maximum Gasteiger partial charge on any atom is 0.155 e. The van der Waals surface area contributed by atoms with Gasteiger partial charge in [-0.15, -0.1) is 0 Å². The second-order valence-electron chi connectivity index (χ2n) is 5.66. The van der Waals surface area contributed by atoms with E-state index in [2.05, 4.69) is 29.9 Å². The Morgan fingerprint density at radius 1 is 1.10 bits per heavy atom. The summed E-state index contributed by atoms with van der Waals surface area (Å²) in [5, 5.41) is 0. The number of aliphatic imine (C=N–C) groups is 1. The van der Waals surface area contributed by atoms with Gasteiger partial charge in [-0.2, -0.15) is 0 Å². The molecular weight excluding hydrogens is 248 g/mol. The fourth-order valence-corrected chi connectivity index (χ4v) is 2.41. The molecule has 0 saturated heterocycles. The lowest BCUT2D eigenvalue weighted by Gasteiger charge is -2.20. The number of fused-ring (bicyclic) bond motifs is 1. The quantitative estimate of drug-likeness (QED) is 0.771. The maximum absolute atomic E-state index is 10.7. The van der Waals surface area contributed by atoms with Crippen molar-refractivity contribution in [3.63, 3.8) is 0 Å². The van der Waals surface area contributed by atoms with Crippen LogP contribution in [0, 0.1) is 0 Å². The Morgan fingerprint density at radius 2 is 1.80 bits per heavy atom. The lowest BCUT2D eigenvalue weighted by atomic mass is 9.82. The van der Waals surface area contributed by atoms with E-state index in [0.717, 1.165) is 34.5 Å². The van der Waals surface area contributed by atoms with Gasteiger partial charge in [0.05, 0.1) is 0 Å². The van der Waals surface area contributed by atoms with Crippen LogP contribution >= 0.6 is 0 Å². The Bertz CT molecular complexity index is 712. The van der Waals surface area contributed by atoms with Crippen molar-refractivity contribution < 1.29 is 4.79 Å². The van der Waals surface area contributed by atoms with E-state index in [0.29, 0.717) is 5.56 Å². The van der Waals surface area contributed by atoms with Crippen molar-refractivity contribution in [3.8, 4) is 11.1 Å². The van der Waals surface area contributed by atoms with Crippen molar-refractivity contribution >= 4 is 17.8 Å². The van der Waals surface area contributed by atoms with Gasteiger partial charge in [-0.05, 0) is 18.6 Å². The number of hydrogen-bond acceptors (Lipinski definition) is 3. The van der Waals surface area contributed by atoms with Crippen LogP contribution in [0.4, 0.5) is 5.82 Å². The highest BCUT2D eigenvalue weighted by Gasteiger charge is 2.33. The minimum Gasteiger partial charge on any atom is -0.298 e. The molecule has 1 aromatic heterocycles. The monoisotopic (exact) mass is 264 g/mol. The van der Waals surface area contributed by atoms with E-state index in [-0.39, 0.29) is 5.41 Å². The fraction of sp³-hybridized carbons (Fsp3) is 0.235. The number of benzene rings is 1. The van der Waals surface area contributed by atoms with Crippen LogP contribution in [0.3, 0.4) is 0 Å². The number of hydrogen-bond donors (Lipinski definition) is 0.